The molecule has 2 aliphatic heterocycles. The summed E-state index contributed by atoms with van der Waals surface area (Å²) >= 11 is 3.43. The fourth-order valence-electron chi connectivity index (χ4n) is 3.62. The molecule has 0 radical (unpaired) electrons. The molecule has 1 amide bonds. The summed E-state index contributed by atoms with van der Waals surface area (Å²) in [6.45, 7) is 2.50. The second-order valence-electron chi connectivity index (χ2n) is 7.18. The molecule has 0 spiro atoms. The number of ether oxygens (including phenoxy) is 2. The van der Waals surface area contributed by atoms with Gasteiger partial charge in [0, 0.05) is 28.0 Å². The molecule has 1 aromatic heterocycles. The Bertz CT molecular complexity index is 1120. The van der Waals surface area contributed by atoms with Gasteiger partial charge in [-0.1, -0.05) is 26.5 Å². The molecule has 2 aliphatic rings. The van der Waals surface area contributed by atoms with Gasteiger partial charge in [-0.25, -0.2) is 4.98 Å². The van der Waals surface area contributed by atoms with E-state index in [0.717, 1.165) is 47.7 Å². The Morgan fingerprint density at radius 1 is 1.10 bits per heavy atom. The summed E-state index contributed by atoms with van der Waals surface area (Å²) in [5.74, 6) is -0.243. The lowest BCUT2D eigenvalue weighted by Gasteiger charge is -2.15. The summed E-state index contributed by atoms with van der Waals surface area (Å²) in [4.78, 5) is 15.9. The van der Waals surface area contributed by atoms with E-state index in [2.05, 4.69) is 39.1 Å². The van der Waals surface area contributed by atoms with Crippen LogP contribution in [-0.4, -0.2) is 29.7 Å². The van der Waals surface area contributed by atoms with Crippen molar-refractivity contribution in [2.75, 3.05) is 19.4 Å². The Morgan fingerprint density at radius 3 is 2.70 bits per heavy atom. The highest BCUT2D eigenvalue weighted by atomic mass is 79.9. The monoisotopic (exact) mass is 473 g/mol. The van der Waals surface area contributed by atoms with Crippen molar-refractivity contribution in [3.8, 4) is 0 Å². The first-order valence-electron chi connectivity index (χ1n) is 9.51. The highest BCUT2D eigenvalue weighted by molar-refractivity contribution is 9.10. The smallest absolute Gasteiger partial charge is 0.281 e. The lowest BCUT2D eigenvalue weighted by atomic mass is 10.0. The molecule has 3 heterocycles. The Hall–Kier alpha value is -2.55. The Balaban J connectivity index is 0.000000168. The predicted molar refractivity (Wildman–Crippen MR) is 115 cm³/mol. The van der Waals surface area contributed by atoms with Gasteiger partial charge < -0.3 is 15.2 Å². The van der Waals surface area contributed by atoms with E-state index < -0.39 is 5.91 Å². The first-order valence-corrected chi connectivity index (χ1v) is 10.3. The second-order valence-corrected chi connectivity index (χ2v) is 8.09. The number of nitrogens with two attached hydrogens (primary N) is 1. The van der Waals surface area contributed by atoms with E-state index in [1.54, 1.807) is 12.1 Å². The number of anilines is 1. The van der Waals surface area contributed by atoms with Crippen LogP contribution in [0.3, 0.4) is 0 Å². The molecule has 0 atom stereocenters. The lowest BCUT2D eigenvalue weighted by molar-refractivity contribution is 0.0343. The Morgan fingerprint density at radius 2 is 1.90 bits per heavy atom. The minimum Gasteiger partial charge on any atom is -0.383 e. The predicted octanol–water partition coefficient (Wildman–Crippen LogP) is 4.33. The van der Waals surface area contributed by atoms with Gasteiger partial charge in [0.05, 0.1) is 31.9 Å². The number of fused-ring (bicyclic) bond motifs is 4. The third-order valence-corrected chi connectivity index (χ3v) is 5.69. The molecule has 0 saturated carbocycles. The third-order valence-electron chi connectivity index (χ3n) is 5.20. The molecule has 30 heavy (non-hydrogen) atoms. The maximum absolute atomic E-state index is 12.9. The van der Waals surface area contributed by atoms with Crippen molar-refractivity contribution < 1.29 is 18.7 Å². The zero-order valence-corrected chi connectivity index (χ0v) is 18.0. The Labute approximate surface area is 181 Å². The van der Waals surface area contributed by atoms with Crippen LogP contribution in [0.5, 0.6) is 0 Å². The second kappa shape index (κ2) is 8.67. The van der Waals surface area contributed by atoms with E-state index in [4.69, 9.17) is 15.2 Å². The van der Waals surface area contributed by atoms with Gasteiger partial charge in [0.25, 0.3) is 5.91 Å². The number of rotatable bonds is 1. The molecule has 0 fully saturated rings. The number of nitrogens with zero attached hydrogens (tertiary/aromatic N) is 2. The van der Waals surface area contributed by atoms with Crippen molar-refractivity contribution >= 4 is 38.6 Å². The van der Waals surface area contributed by atoms with E-state index in [-0.39, 0.29) is 10.7 Å². The van der Waals surface area contributed by atoms with Crippen LogP contribution in [-0.2, 0) is 35.7 Å². The van der Waals surface area contributed by atoms with Crippen LogP contribution in [0.15, 0.2) is 40.9 Å². The zero-order valence-electron chi connectivity index (χ0n) is 16.5. The number of amides is 1. The van der Waals surface area contributed by atoms with E-state index in [0.29, 0.717) is 24.5 Å². The Kier molecular flexibility index (Phi) is 5.99. The molecule has 3 aromatic rings. The number of carbonyl (C=O) groups is 1. The summed E-state index contributed by atoms with van der Waals surface area (Å²) in [5, 5.41) is 0.845. The molecule has 6 nitrogen and oxygen atoms in total. The lowest BCUT2D eigenvalue weighted by Crippen LogP contribution is -2.17. The van der Waals surface area contributed by atoms with Crippen molar-refractivity contribution in [2.24, 2.45) is 0 Å². The average Bonchev–Trinajstić information content (AvgIpc) is 3.24. The minimum atomic E-state index is -0.689. The molecule has 2 aromatic carbocycles. The van der Waals surface area contributed by atoms with Gasteiger partial charge in [0.1, 0.15) is 5.82 Å². The number of hydrogen-bond acceptors (Lipinski definition) is 5. The molecule has 0 aliphatic carbocycles. The van der Waals surface area contributed by atoms with Gasteiger partial charge in [-0.2, -0.15) is 5.12 Å². The standard InChI is InChI=1S/C13H12FN3O2.C9H9BrO/c1-17(14)13(18)7-2-3-11-8(4-7)9-5-19-6-10(9)12(15)16-11;10-9-2-1-7-3-4-11-6-8(7)5-9/h2-4H,5-6H2,1H3,(H2,15,16);1-2,5H,3-4,6H2. The number of hydrogen-bond donors (Lipinski definition) is 1. The van der Waals surface area contributed by atoms with Gasteiger partial charge in [-0.05, 0) is 53.4 Å². The maximum Gasteiger partial charge on any atom is 0.281 e. The topological polar surface area (TPSA) is 77.7 Å². The van der Waals surface area contributed by atoms with E-state index in [1.165, 1.54) is 17.2 Å². The highest BCUT2D eigenvalue weighted by Crippen LogP contribution is 2.31. The summed E-state index contributed by atoms with van der Waals surface area (Å²) in [7, 11) is 1.07. The normalized spacial score (nSPS) is 14.5. The highest BCUT2D eigenvalue weighted by Gasteiger charge is 2.20. The van der Waals surface area contributed by atoms with Gasteiger partial charge >= 0.3 is 0 Å². The molecule has 0 bridgehead atoms. The van der Waals surface area contributed by atoms with Crippen LogP contribution in [0.1, 0.15) is 32.6 Å². The van der Waals surface area contributed by atoms with Crippen LogP contribution < -0.4 is 5.73 Å². The van der Waals surface area contributed by atoms with Crippen LogP contribution in [0.4, 0.5) is 10.3 Å². The van der Waals surface area contributed by atoms with Crippen molar-refractivity contribution in [1.29, 1.82) is 0 Å². The molecular weight excluding hydrogens is 453 g/mol. The van der Waals surface area contributed by atoms with E-state index in [9.17, 15) is 9.28 Å². The van der Waals surface area contributed by atoms with Crippen LogP contribution in [0.25, 0.3) is 10.9 Å². The fraction of sp³-hybridized carbons (Fsp3) is 0.273. The number of carbonyl (C=O) groups excluding carboxylic acids is 1. The quantitative estimate of drug-likeness (QED) is 0.532. The average molecular weight is 474 g/mol. The van der Waals surface area contributed by atoms with Gasteiger partial charge in [-0.15, -0.1) is 0 Å². The summed E-state index contributed by atoms with van der Waals surface area (Å²) in [6, 6.07) is 11.2. The van der Waals surface area contributed by atoms with E-state index in [1.807, 2.05) is 0 Å². The number of benzene rings is 2. The van der Waals surface area contributed by atoms with Crippen LogP contribution >= 0.6 is 15.9 Å². The molecule has 2 N–H and O–H groups in total. The van der Waals surface area contributed by atoms with Gasteiger partial charge in [0.15, 0.2) is 0 Å². The number of aromatic nitrogens is 1. The van der Waals surface area contributed by atoms with Crippen molar-refractivity contribution in [3.63, 3.8) is 0 Å². The molecule has 8 heteroatoms. The SMILES string of the molecule is Brc1ccc2c(c1)COCC2.CN(F)C(=O)c1ccc2nc(N)c3c(c2c1)COC3. The summed E-state index contributed by atoms with van der Waals surface area (Å²) in [5.41, 5.74) is 11.4. The zero-order chi connectivity index (χ0) is 21.3. The van der Waals surface area contributed by atoms with Crippen LogP contribution in [0, 0.1) is 0 Å². The van der Waals surface area contributed by atoms with Crippen molar-refractivity contribution in [3.05, 3.63) is 68.7 Å². The summed E-state index contributed by atoms with van der Waals surface area (Å²) < 4.78 is 24.8. The summed E-state index contributed by atoms with van der Waals surface area (Å²) in [6.07, 6.45) is 1.06. The first-order chi connectivity index (χ1) is 14.4. The van der Waals surface area contributed by atoms with Crippen molar-refractivity contribution in [1.82, 2.24) is 10.1 Å². The minimum absolute atomic E-state index is 0.0582. The molecular formula is C22H21BrFN3O3. The molecule has 0 saturated heterocycles. The number of halogens is 2. The van der Waals surface area contributed by atoms with E-state index >= 15 is 0 Å². The first kappa shape index (κ1) is 20.7. The largest absolute Gasteiger partial charge is 0.383 e. The van der Waals surface area contributed by atoms with Gasteiger partial charge in [-0.3, -0.25) is 4.79 Å². The molecule has 0 unspecified atom stereocenters. The van der Waals surface area contributed by atoms with Crippen LogP contribution in [0.2, 0.25) is 0 Å². The van der Waals surface area contributed by atoms with Gasteiger partial charge in [0.2, 0.25) is 0 Å². The molecule has 156 valence electrons. The number of nitrogen functional groups attached to an aromatic ring is 1. The molecule has 5 rings (SSSR count). The fourth-order valence-corrected chi connectivity index (χ4v) is 4.03. The van der Waals surface area contributed by atoms with Crippen molar-refractivity contribution in [2.45, 2.75) is 26.2 Å². The maximum atomic E-state index is 12.9. The third kappa shape index (κ3) is 4.16. The number of pyridine rings is 1.